The lowest BCUT2D eigenvalue weighted by atomic mass is 10.2. The van der Waals surface area contributed by atoms with Crippen molar-refractivity contribution < 1.29 is 17.9 Å². The number of rotatable bonds is 12. The summed E-state index contributed by atoms with van der Waals surface area (Å²) >= 11 is 0. The van der Waals surface area contributed by atoms with Gasteiger partial charge in [-0.25, -0.2) is 0 Å². The molecule has 0 bridgehead atoms. The van der Waals surface area contributed by atoms with Crippen LogP contribution in [0.5, 0.6) is 11.5 Å². The molecule has 29 heavy (non-hydrogen) atoms. The van der Waals surface area contributed by atoms with Gasteiger partial charge < -0.3 is 9.47 Å². The van der Waals surface area contributed by atoms with Crippen LogP contribution >= 0.6 is 0 Å². The van der Waals surface area contributed by atoms with Gasteiger partial charge in [0.1, 0.15) is 16.4 Å². The fraction of sp³-hybridized carbons (Fsp3) is 0.409. The third kappa shape index (κ3) is 7.09. The number of sulfonamides is 1. The smallest absolute Gasteiger partial charge is 0.280 e. The zero-order chi connectivity index (χ0) is 21.1. The SMILES string of the molecule is CCCCCCCOc1ccccc1/C=N/NS(=O)(=O)c1cc(C)ccc1OC. The van der Waals surface area contributed by atoms with Crippen LogP contribution in [0.4, 0.5) is 0 Å². The summed E-state index contributed by atoms with van der Waals surface area (Å²) in [4.78, 5) is 2.30. The second-order valence-corrected chi connectivity index (χ2v) is 8.44. The molecule has 0 aliphatic rings. The maximum atomic E-state index is 12.6. The predicted molar refractivity (Wildman–Crippen MR) is 116 cm³/mol. The fourth-order valence-electron chi connectivity index (χ4n) is 2.81. The van der Waals surface area contributed by atoms with E-state index in [1.54, 1.807) is 18.2 Å². The van der Waals surface area contributed by atoms with Crippen molar-refractivity contribution in [3.05, 3.63) is 53.6 Å². The number of methoxy groups -OCH3 is 1. The van der Waals surface area contributed by atoms with Crippen molar-refractivity contribution in [2.75, 3.05) is 13.7 Å². The van der Waals surface area contributed by atoms with Crippen LogP contribution in [0.25, 0.3) is 0 Å². The first-order chi connectivity index (χ1) is 14.0. The molecule has 2 rings (SSSR count). The Morgan fingerprint density at radius 3 is 2.55 bits per heavy atom. The minimum absolute atomic E-state index is 0.0498. The van der Waals surface area contributed by atoms with E-state index in [9.17, 15) is 8.42 Å². The minimum atomic E-state index is -3.85. The summed E-state index contributed by atoms with van der Waals surface area (Å²) < 4.78 is 36.2. The predicted octanol–water partition coefficient (Wildman–Crippen LogP) is 4.67. The number of ether oxygens (including phenoxy) is 2. The maximum Gasteiger partial charge on any atom is 0.280 e. The molecule has 0 saturated carbocycles. The zero-order valence-electron chi connectivity index (χ0n) is 17.3. The third-order valence-electron chi connectivity index (χ3n) is 4.41. The minimum Gasteiger partial charge on any atom is -0.495 e. The number of hydrogen-bond donors (Lipinski definition) is 1. The Morgan fingerprint density at radius 2 is 1.79 bits per heavy atom. The Labute approximate surface area is 174 Å². The monoisotopic (exact) mass is 418 g/mol. The number of nitrogens with one attached hydrogen (secondary N) is 1. The Morgan fingerprint density at radius 1 is 1.03 bits per heavy atom. The molecule has 0 unspecified atom stereocenters. The molecule has 1 N–H and O–H groups in total. The van der Waals surface area contributed by atoms with Gasteiger partial charge in [0.2, 0.25) is 0 Å². The van der Waals surface area contributed by atoms with Crippen LogP contribution in [0.3, 0.4) is 0 Å². The molecule has 0 saturated heterocycles. The van der Waals surface area contributed by atoms with Gasteiger partial charge in [-0.2, -0.15) is 18.4 Å². The van der Waals surface area contributed by atoms with Crippen molar-refractivity contribution in [2.24, 2.45) is 5.10 Å². The molecule has 0 heterocycles. The molecule has 0 aliphatic heterocycles. The van der Waals surface area contributed by atoms with Crippen molar-refractivity contribution >= 4 is 16.2 Å². The quantitative estimate of drug-likeness (QED) is 0.309. The molecule has 0 fully saturated rings. The van der Waals surface area contributed by atoms with Gasteiger partial charge in [0, 0.05) is 5.56 Å². The van der Waals surface area contributed by atoms with Crippen LogP contribution in [0.1, 0.15) is 50.2 Å². The first-order valence-corrected chi connectivity index (χ1v) is 11.4. The number of para-hydroxylation sites is 1. The number of nitrogens with zero attached hydrogens (tertiary/aromatic N) is 1. The highest BCUT2D eigenvalue weighted by Crippen LogP contribution is 2.24. The molecular formula is C22H30N2O4S. The van der Waals surface area contributed by atoms with E-state index in [1.165, 1.54) is 32.6 Å². The normalized spacial score (nSPS) is 11.6. The Balaban J connectivity index is 2.02. The number of benzene rings is 2. The number of unbranched alkanes of at least 4 members (excludes halogenated alkanes) is 4. The first kappa shape index (κ1) is 22.7. The molecule has 0 spiro atoms. The van der Waals surface area contributed by atoms with Crippen LogP contribution in [0.2, 0.25) is 0 Å². The van der Waals surface area contributed by atoms with E-state index in [0.717, 1.165) is 18.4 Å². The van der Waals surface area contributed by atoms with Gasteiger partial charge in [0.25, 0.3) is 10.0 Å². The highest BCUT2D eigenvalue weighted by molar-refractivity contribution is 7.89. The summed E-state index contributed by atoms with van der Waals surface area (Å²) in [6.07, 6.45) is 7.26. The van der Waals surface area contributed by atoms with Gasteiger partial charge in [-0.3, -0.25) is 0 Å². The van der Waals surface area contributed by atoms with E-state index < -0.39 is 10.0 Å². The van der Waals surface area contributed by atoms with E-state index in [2.05, 4.69) is 16.9 Å². The maximum absolute atomic E-state index is 12.6. The van der Waals surface area contributed by atoms with Crippen LogP contribution in [-0.2, 0) is 10.0 Å². The van der Waals surface area contributed by atoms with E-state index >= 15 is 0 Å². The summed E-state index contributed by atoms with van der Waals surface area (Å²) in [7, 11) is -2.42. The molecular weight excluding hydrogens is 388 g/mol. The third-order valence-corrected chi connectivity index (χ3v) is 5.65. The summed E-state index contributed by atoms with van der Waals surface area (Å²) in [5.41, 5.74) is 1.52. The molecule has 0 aliphatic carbocycles. The second kappa shape index (κ2) is 11.5. The molecule has 0 aromatic heterocycles. The molecule has 0 atom stereocenters. The lowest BCUT2D eigenvalue weighted by Gasteiger charge is -2.10. The highest BCUT2D eigenvalue weighted by Gasteiger charge is 2.19. The average Bonchev–Trinajstić information content (AvgIpc) is 2.71. The van der Waals surface area contributed by atoms with Crippen LogP contribution < -0.4 is 14.3 Å². The standard InChI is InChI=1S/C22H30N2O4S/c1-4-5-6-7-10-15-28-20-12-9-8-11-19(20)17-23-24-29(25,26)22-16-18(2)13-14-21(22)27-3/h8-9,11-14,16-17,24H,4-7,10,15H2,1-3H3/b23-17+. The highest BCUT2D eigenvalue weighted by atomic mass is 32.2. The second-order valence-electron chi connectivity index (χ2n) is 6.81. The molecule has 6 nitrogen and oxygen atoms in total. The van der Waals surface area contributed by atoms with Gasteiger partial charge in [0.05, 0.1) is 19.9 Å². The number of hydrogen-bond acceptors (Lipinski definition) is 5. The Bertz CT molecular complexity index is 911. The largest absolute Gasteiger partial charge is 0.495 e. The molecule has 0 amide bonds. The Kier molecular flexibility index (Phi) is 8.99. The molecule has 2 aromatic rings. The van der Waals surface area contributed by atoms with E-state index in [1.807, 2.05) is 31.2 Å². The lowest BCUT2D eigenvalue weighted by molar-refractivity contribution is 0.304. The average molecular weight is 419 g/mol. The summed E-state index contributed by atoms with van der Waals surface area (Å²) in [6.45, 7) is 4.63. The van der Waals surface area contributed by atoms with Crippen molar-refractivity contribution in [2.45, 2.75) is 50.8 Å². The summed E-state index contributed by atoms with van der Waals surface area (Å²) in [6, 6.07) is 12.4. The van der Waals surface area contributed by atoms with Crippen molar-refractivity contribution in [1.82, 2.24) is 4.83 Å². The van der Waals surface area contributed by atoms with Gasteiger partial charge in [-0.1, -0.05) is 50.8 Å². The van der Waals surface area contributed by atoms with E-state index in [0.29, 0.717) is 17.9 Å². The Hall–Kier alpha value is -2.54. The first-order valence-electron chi connectivity index (χ1n) is 9.89. The van der Waals surface area contributed by atoms with Gasteiger partial charge >= 0.3 is 0 Å². The summed E-state index contributed by atoms with van der Waals surface area (Å²) in [5.74, 6) is 0.948. The number of hydrazone groups is 1. The van der Waals surface area contributed by atoms with E-state index in [4.69, 9.17) is 9.47 Å². The zero-order valence-corrected chi connectivity index (χ0v) is 18.2. The van der Waals surface area contributed by atoms with Gasteiger partial charge in [0.15, 0.2) is 0 Å². The van der Waals surface area contributed by atoms with Crippen LogP contribution in [-0.4, -0.2) is 28.3 Å². The lowest BCUT2D eigenvalue weighted by Crippen LogP contribution is -2.19. The van der Waals surface area contributed by atoms with Crippen molar-refractivity contribution in [3.8, 4) is 11.5 Å². The number of aryl methyl sites for hydroxylation is 1. The molecule has 158 valence electrons. The van der Waals surface area contributed by atoms with Crippen molar-refractivity contribution in [1.29, 1.82) is 0 Å². The van der Waals surface area contributed by atoms with Crippen LogP contribution in [0, 0.1) is 6.92 Å². The fourth-order valence-corrected chi connectivity index (χ4v) is 3.86. The molecule has 7 heteroatoms. The van der Waals surface area contributed by atoms with Crippen LogP contribution in [0.15, 0.2) is 52.5 Å². The molecule has 0 radical (unpaired) electrons. The molecule has 2 aromatic carbocycles. The topological polar surface area (TPSA) is 77.0 Å². The van der Waals surface area contributed by atoms with Gasteiger partial charge in [-0.15, -0.1) is 0 Å². The van der Waals surface area contributed by atoms with Crippen molar-refractivity contribution in [3.63, 3.8) is 0 Å². The summed E-state index contributed by atoms with van der Waals surface area (Å²) in [5, 5.41) is 3.93. The van der Waals surface area contributed by atoms with E-state index in [-0.39, 0.29) is 10.6 Å². The van der Waals surface area contributed by atoms with Gasteiger partial charge in [-0.05, 0) is 43.2 Å².